The lowest BCUT2D eigenvalue weighted by molar-refractivity contribution is 0.259. The summed E-state index contributed by atoms with van der Waals surface area (Å²) >= 11 is 0. The molecular formula is C15H24IN7O3S. The van der Waals surface area contributed by atoms with Crippen molar-refractivity contribution in [3.05, 3.63) is 36.0 Å². The monoisotopic (exact) mass is 509 g/mol. The van der Waals surface area contributed by atoms with Crippen molar-refractivity contribution < 1.29 is 12.9 Å². The second-order valence-corrected chi connectivity index (χ2v) is 8.03. The van der Waals surface area contributed by atoms with Crippen molar-refractivity contribution in [2.24, 2.45) is 12.0 Å². The summed E-state index contributed by atoms with van der Waals surface area (Å²) in [6, 6.07) is 1.57. The van der Waals surface area contributed by atoms with E-state index in [9.17, 15) is 8.42 Å². The molecule has 12 heteroatoms. The van der Waals surface area contributed by atoms with Crippen molar-refractivity contribution >= 4 is 40.0 Å². The van der Waals surface area contributed by atoms with Gasteiger partial charge >= 0.3 is 0 Å². The Labute approximate surface area is 175 Å². The molecule has 0 radical (unpaired) electrons. The van der Waals surface area contributed by atoms with Gasteiger partial charge in [-0.1, -0.05) is 5.16 Å². The first-order valence-corrected chi connectivity index (χ1v) is 9.89. The second kappa shape index (κ2) is 9.50. The van der Waals surface area contributed by atoms with E-state index >= 15 is 0 Å². The molecule has 150 valence electrons. The largest absolute Gasteiger partial charge is 0.364 e. The number of guanidine groups is 1. The summed E-state index contributed by atoms with van der Waals surface area (Å²) in [4.78, 5) is 6.35. The van der Waals surface area contributed by atoms with E-state index in [0.717, 1.165) is 11.5 Å². The van der Waals surface area contributed by atoms with Crippen LogP contribution in [0.25, 0.3) is 0 Å². The van der Waals surface area contributed by atoms with Crippen molar-refractivity contribution in [2.45, 2.75) is 12.3 Å². The zero-order chi connectivity index (χ0) is 18.6. The number of aromatic nitrogens is 3. The van der Waals surface area contributed by atoms with E-state index in [4.69, 9.17) is 4.52 Å². The summed E-state index contributed by atoms with van der Waals surface area (Å²) in [5, 5.41) is 11.1. The Morgan fingerprint density at radius 1 is 1.33 bits per heavy atom. The fourth-order valence-electron chi connectivity index (χ4n) is 2.84. The van der Waals surface area contributed by atoms with Gasteiger partial charge < -0.3 is 14.7 Å². The molecule has 0 saturated carbocycles. The third kappa shape index (κ3) is 5.65. The molecular weight excluding hydrogens is 485 g/mol. The Balaban J connectivity index is 0.00000261. The first-order valence-electron chi connectivity index (χ1n) is 8.28. The zero-order valence-electron chi connectivity index (χ0n) is 15.3. The van der Waals surface area contributed by atoms with Crippen LogP contribution < -0.4 is 5.32 Å². The van der Waals surface area contributed by atoms with Gasteiger partial charge in [0.25, 0.3) is 0 Å². The molecule has 1 N–H and O–H groups in total. The standard InChI is InChI=1S/C15H23N7O3S.HI/c1-16-15(17-9-13-10-18-20(2)11-13)21-4-6-22(7-5-21)26(23,24)12-14-3-8-25-19-14;/h3,8,10-11H,4-7,9,12H2,1-2H3,(H,16,17);1H. The molecule has 1 aliphatic rings. The molecule has 1 fully saturated rings. The smallest absolute Gasteiger partial charge is 0.220 e. The topological polar surface area (TPSA) is 109 Å². The molecule has 10 nitrogen and oxygen atoms in total. The van der Waals surface area contributed by atoms with E-state index in [1.807, 2.05) is 13.2 Å². The summed E-state index contributed by atoms with van der Waals surface area (Å²) in [6.45, 7) is 2.59. The number of piperazine rings is 1. The third-order valence-corrected chi connectivity index (χ3v) is 5.99. The second-order valence-electron chi connectivity index (χ2n) is 6.06. The molecule has 0 aromatic carbocycles. The number of nitrogens with one attached hydrogen (secondary N) is 1. The van der Waals surface area contributed by atoms with Crippen LogP contribution in [0.3, 0.4) is 0 Å². The third-order valence-electron chi connectivity index (χ3n) is 4.17. The molecule has 27 heavy (non-hydrogen) atoms. The fourth-order valence-corrected chi connectivity index (χ4v) is 4.27. The number of halogens is 1. The predicted octanol–water partition coefficient (Wildman–Crippen LogP) is 0.249. The maximum absolute atomic E-state index is 12.5. The Morgan fingerprint density at radius 2 is 2.07 bits per heavy atom. The van der Waals surface area contributed by atoms with E-state index in [-0.39, 0.29) is 29.7 Å². The van der Waals surface area contributed by atoms with Crippen LogP contribution in [0.4, 0.5) is 0 Å². The van der Waals surface area contributed by atoms with Gasteiger partial charge in [-0.2, -0.15) is 9.40 Å². The van der Waals surface area contributed by atoms with Crippen LogP contribution in [0.1, 0.15) is 11.3 Å². The Kier molecular flexibility index (Phi) is 7.61. The fraction of sp³-hybridized carbons (Fsp3) is 0.533. The number of hydrogen-bond donors (Lipinski definition) is 1. The zero-order valence-corrected chi connectivity index (χ0v) is 18.4. The van der Waals surface area contributed by atoms with E-state index < -0.39 is 10.0 Å². The first kappa shape index (κ1) is 21.6. The highest BCUT2D eigenvalue weighted by Gasteiger charge is 2.28. The van der Waals surface area contributed by atoms with Crippen molar-refractivity contribution in [3.63, 3.8) is 0 Å². The number of hydrogen-bond acceptors (Lipinski definition) is 6. The maximum Gasteiger partial charge on any atom is 0.220 e. The van der Waals surface area contributed by atoms with Crippen LogP contribution >= 0.6 is 24.0 Å². The molecule has 1 aliphatic heterocycles. The molecule has 0 unspecified atom stereocenters. The van der Waals surface area contributed by atoms with E-state index in [1.54, 1.807) is 24.0 Å². The van der Waals surface area contributed by atoms with Gasteiger partial charge in [0.2, 0.25) is 10.0 Å². The lowest BCUT2D eigenvalue weighted by Crippen LogP contribution is -2.53. The molecule has 0 amide bonds. The highest BCUT2D eigenvalue weighted by Crippen LogP contribution is 2.13. The normalized spacial score (nSPS) is 16.2. The molecule has 0 bridgehead atoms. The highest BCUT2D eigenvalue weighted by atomic mass is 127. The quantitative estimate of drug-likeness (QED) is 0.350. The summed E-state index contributed by atoms with van der Waals surface area (Å²) in [6.07, 6.45) is 5.12. The van der Waals surface area contributed by atoms with Gasteiger partial charge in [0.15, 0.2) is 5.96 Å². The van der Waals surface area contributed by atoms with Gasteiger partial charge in [-0.15, -0.1) is 24.0 Å². The van der Waals surface area contributed by atoms with Gasteiger partial charge in [-0.05, 0) is 0 Å². The van der Waals surface area contributed by atoms with Crippen LogP contribution in [0.2, 0.25) is 0 Å². The molecule has 1 saturated heterocycles. The van der Waals surface area contributed by atoms with Crippen molar-refractivity contribution in [1.82, 2.24) is 29.5 Å². The van der Waals surface area contributed by atoms with Crippen molar-refractivity contribution in [2.75, 3.05) is 33.2 Å². The lowest BCUT2D eigenvalue weighted by Gasteiger charge is -2.35. The van der Waals surface area contributed by atoms with Gasteiger partial charge in [0.1, 0.15) is 12.0 Å². The molecule has 3 heterocycles. The van der Waals surface area contributed by atoms with Gasteiger partial charge in [-0.25, -0.2) is 8.42 Å². The number of aliphatic imine (C=N–C) groups is 1. The van der Waals surface area contributed by atoms with Crippen LogP contribution in [0.5, 0.6) is 0 Å². The SMILES string of the molecule is CN=C(NCc1cnn(C)c1)N1CCN(S(=O)(=O)Cc2ccon2)CC1.I. The Bertz CT molecular complexity index is 843. The van der Waals surface area contributed by atoms with Crippen LogP contribution in [0.15, 0.2) is 34.2 Å². The Morgan fingerprint density at radius 3 is 2.63 bits per heavy atom. The molecule has 0 spiro atoms. The van der Waals surface area contributed by atoms with Crippen molar-refractivity contribution in [3.8, 4) is 0 Å². The average Bonchev–Trinajstić information content (AvgIpc) is 3.27. The predicted molar refractivity (Wildman–Crippen MR) is 111 cm³/mol. The minimum atomic E-state index is -3.40. The Hall–Kier alpha value is -1.67. The first-order chi connectivity index (χ1) is 12.5. The maximum atomic E-state index is 12.5. The summed E-state index contributed by atoms with van der Waals surface area (Å²) in [7, 11) is 0.192. The number of sulfonamides is 1. The van der Waals surface area contributed by atoms with Gasteiger partial charge in [0.05, 0.1) is 11.9 Å². The van der Waals surface area contributed by atoms with E-state index in [1.165, 1.54) is 10.6 Å². The highest BCUT2D eigenvalue weighted by molar-refractivity contribution is 14.0. The van der Waals surface area contributed by atoms with Crippen molar-refractivity contribution in [1.29, 1.82) is 0 Å². The molecule has 2 aromatic rings. The average molecular weight is 509 g/mol. The minimum absolute atomic E-state index is 0. The van der Waals surface area contributed by atoms with Gasteiger partial charge in [0, 0.05) is 64.6 Å². The summed E-state index contributed by atoms with van der Waals surface area (Å²) in [5.41, 5.74) is 1.48. The lowest BCUT2D eigenvalue weighted by atomic mass is 10.3. The number of rotatable bonds is 5. The van der Waals surface area contributed by atoms with Gasteiger partial charge in [-0.3, -0.25) is 9.67 Å². The van der Waals surface area contributed by atoms with Crippen LogP contribution in [-0.4, -0.2) is 71.7 Å². The number of nitrogens with zero attached hydrogens (tertiary/aromatic N) is 6. The molecule has 0 aliphatic carbocycles. The minimum Gasteiger partial charge on any atom is -0.364 e. The van der Waals surface area contributed by atoms with Crippen LogP contribution in [-0.2, 0) is 29.4 Å². The van der Waals surface area contributed by atoms with E-state index in [2.05, 4.69) is 25.5 Å². The summed E-state index contributed by atoms with van der Waals surface area (Å²) in [5.74, 6) is 0.611. The van der Waals surface area contributed by atoms with Crippen LogP contribution in [0, 0.1) is 0 Å². The molecule has 3 rings (SSSR count). The molecule has 0 atom stereocenters. The summed E-state index contributed by atoms with van der Waals surface area (Å²) < 4.78 is 32.9. The molecule has 2 aromatic heterocycles. The van der Waals surface area contributed by atoms with E-state index in [0.29, 0.717) is 38.4 Å². The number of aryl methyl sites for hydroxylation is 1.